The van der Waals surface area contributed by atoms with E-state index in [1.165, 1.54) is 54.2 Å². The van der Waals surface area contributed by atoms with Gasteiger partial charge in [0.25, 0.3) is 15.6 Å². The molecule has 0 aliphatic carbocycles. The number of oxime groups is 1. The highest BCUT2D eigenvalue weighted by molar-refractivity contribution is 7.93. The van der Waals surface area contributed by atoms with Crippen LogP contribution in [0.1, 0.15) is 16.7 Å². The van der Waals surface area contributed by atoms with Gasteiger partial charge in [-0.25, -0.2) is 16.8 Å². The lowest BCUT2D eigenvalue weighted by molar-refractivity contribution is -0.116. The summed E-state index contributed by atoms with van der Waals surface area (Å²) < 4.78 is 58.2. The van der Waals surface area contributed by atoms with Crippen LogP contribution in [0, 0.1) is 25.7 Å². The number of hydrogen-bond acceptors (Lipinski definition) is 8. The third-order valence-corrected chi connectivity index (χ3v) is 8.78. The highest BCUT2D eigenvalue weighted by atomic mass is 32.2. The molecule has 1 aromatic heterocycles. The van der Waals surface area contributed by atoms with E-state index in [4.69, 9.17) is 5.21 Å². The lowest BCUT2D eigenvalue weighted by atomic mass is 10.1. The second-order valence-electron chi connectivity index (χ2n) is 8.79. The average Bonchev–Trinajstić information content (AvgIpc) is 2.87. The average molecular weight is 586 g/mol. The molecule has 14 heteroatoms. The Morgan fingerprint density at radius 2 is 1.75 bits per heavy atom. The zero-order valence-corrected chi connectivity index (χ0v) is 23.7. The largest absolute Gasteiger partial charge is 0.410 e. The van der Waals surface area contributed by atoms with E-state index in [1.54, 1.807) is 26.0 Å². The smallest absolute Gasteiger partial charge is 0.261 e. The number of sulfonamides is 2. The SMILES string of the molecule is Cc1ccc(S(=O)(=O)Nc2c(C#CC=NO)cc(C)cc2S(=O)(=O)N(C)CC(=O)Nc2ccn(C)c(=O)c2)cc1. The predicted molar refractivity (Wildman–Crippen MR) is 150 cm³/mol. The maximum atomic E-state index is 13.7. The third-order valence-electron chi connectivity index (χ3n) is 5.59. The summed E-state index contributed by atoms with van der Waals surface area (Å²) in [6.07, 6.45) is 2.30. The van der Waals surface area contributed by atoms with E-state index in [0.29, 0.717) is 5.56 Å². The molecule has 0 fully saturated rings. The van der Waals surface area contributed by atoms with Gasteiger partial charge in [0.1, 0.15) is 11.1 Å². The van der Waals surface area contributed by atoms with Crippen LogP contribution in [0.4, 0.5) is 11.4 Å². The third kappa shape index (κ3) is 7.14. The molecule has 0 spiro atoms. The molecule has 0 bridgehead atoms. The van der Waals surface area contributed by atoms with Crippen molar-refractivity contribution in [2.75, 3.05) is 23.6 Å². The number of hydrogen-bond donors (Lipinski definition) is 3. The van der Waals surface area contributed by atoms with E-state index in [-0.39, 0.29) is 27.4 Å². The summed E-state index contributed by atoms with van der Waals surface area (Å²) >= 11 is 0. The molecule has 12 nitrogen and oxygen atoms in total. The van der Waals surface area contributed by atoms with Crippen LogP contribution in [0.15, 0.2) is 74.5 Å². The lowest BCUT2D eigenvalue weighted by Gasteiger charge is -2.21. The van der Waals surface area contributed by atoms with Gasteiger partial charge in [0.05, 0.1) is 22.7 Å². The molecular weight excluding hydrogens is 558 g/mol. The Kier molecular flexibility index (Phi) is 9.15. The number of carbonyl (C=O) groups excluding carboxylic acids is 1. The number of aromatic nitrogens is 1. The predicted octanol–water partition coefficient (Wildman–Crippen LogP) is 1.87. The Bertz CT molecular complexity index is 1800. The van der Waals surface area contributed by atoms with Crippen LogP contribution >= 0.6 is 0 Å². The molecule has 1 heterocycles. The Labute approximate surface area is 232 Å². The standard InChI is InChI=1S/C26H27N5O7S2/c1-18-7-9-22(10-8-18)39(35,36)29-26-20(6-5-12-27-34)14-19(2)15-23(26)40(37,38)31(4)17-24(32)28-21-11-13-30(3)25(33)16-21/h7-16,29,34H,17H2,1-4H3,(H,28,32). The minimum Gasteiger partial charge on any atom is -0.410 e. The maximum absolute atomic E-state index is 13.7. The molecule has 0 unspecified atom stereocenters. The first kappa shape index (κ1) is 30.1. The molecule has 0 atom stereocenters. The normalized spacial score (nSPS) is 11.7. The van der Waals surface area contributed by atoms with Gasteiger partial charge < -0.3 is 15.1 Å². The van der Waals surface area contributed by atoms with E-state index in [1.807, 2.05) is 0 Å². The van der Waals surface area contributed by atoms with E-state index in [0.717, 1.165) is 23.1 Å². The topological polar surface area (TPSA) is 167 Å². The molecule has 3 aromatic rings. The van der Waals surface area contributed by atoms with Gasteiger partial charge in [-0.15, -0.1) is 0 Å². The van der Waals surface area contributed by atoms with E-state index >= 15 is 0 Å². The molecule has 0 saturated carbocycles. The summed E-state index contributed by atoms with van der Waals surface area (Å²) in [4.78, 5) is 23.9. The highest BCUT2D eigenvalue weighted by Crippen LogP contribution is 2.31. The summed E-state index contributed by atoms with van der Waals surface area (Å²) in [5, 5.41) is 13.9. The van der Waals surface area contributed by atoms with Gasteiger partial charge in [-0.3, -0.25) is 14.3 Å². The van der Waals surface area contributed by atoms with Gasteiger partial charge in [-0.2, -0.15) is 4.31 Å². The number of pyridine rings is 1. The Morgan fingerprint density at radius 3 is 2.38 bits per heavy atom. The van der Waals surface area contributed by atoms with Crippen LogP contribution in [0.25, 0.3) is 0 Å². The number of amides is 1. The molecule has 3 N–H and O–H groups in total. The number of rotatable bonds is 8. The van der Waals surface area contributed by atoms with Crippen molar-refractivity contribution in [1.29, 1.82) is 0 Å². The second-order valence-corrected chi connectivity index (χ2v) is 12.5. The fraction of sp³-hybridized carbons (Fsp3) is 0.192. The number of anilines is 2. The molecule has 210 valence electrons. The Balaban J connectivity index is 2.05. The number of likely N-dealkylation sites (N-methyl/N-ethyl adjacent to an activating group) is 1. The summed E-state index contributed by atoms with van der Waals surface area (Å²) in [5.74, 6) is 4.27. The van der Waals surface area contributed by atoms with Gasteiger partial charge in [-0.1, -0.05) is 28.8 Å². The van der Waals surface area contributed by atoms with Crippen molar-refractivity contribution < 1.29 is 26.8 Å². The molecule has 1 amide bonds. The van der Waals surface area contributed by atoms with E-state index in [2.05, 4.69) is 27.0 Å². The van der Waals surface area contributed by atoms with Crippen molar-refractivity contribution in [1.82, 2.24) is 8.87 Å². The highest BCUT2D eigenvalue weighted by Gasteiger charge is 2.30. The zero-order chi connectivity index (χ0) is 29.7. The maximum Gasteiger partial charge on any atom is 0.261 e. The minimum absolute atomic E-state index is 0.00727. The van der Waals surface area contributed by atoms with Gasteiger partial charge in [0.2, 0.25) is 15.9 Å². The fourth-order valence-corrected chi connectivity index (χ4v) is 6.03. The minimum atomic E-state index is -4.48. The summed E-state index contributed by atoms with van der Waals surface area (Å²) in [5.41, 5.74) is 0.715. The van der Waals surface area contributed by atoms with Gasteiger partial charge in [0, 0.05) is 32.0 Å². The van der Waals surface area contributed by atoms with Crippen molar-refractivity contribution in [3.05, 3.63) is 81.8 Å². The Morgan fingerprint density at radius 1 is 1.07 bits per heavy atom. The number of benzene rings is 2. The van der Waals surface area contributed by atoms with Crippen molar-refractivity contribution in [2.24, 2.45) is 12.2 Å². The first-order chi connectivity index (χ1) is 18.7. The molecule has 0 aliphatic rings. The van der Waals surface area contributed by atoms with Gasteiger partial charge in [-0.05, 0) is 55.7 Å². The summed E-state index contributed by atoms with van der Waals surface area (Å²) in [6, 6.07) is 11.3. The Hall–Kier alpha value is -4.45. The molecule has 0 radical (unpaired) electrons. The number of nitrogens with zero attached hydrogens (tertiary/aromatic N) is 3. The van der Waals surface area contributed by atoms with Crippen molar-refractivity contribution in [3.8, 4) is 11.8 Å². The molecule has 40 heavy (non-hydrogen) atoms. The van der Waals surface area contributed by atoms with Crippen LogP contribution in [0.5, 0.6) is 0 Å². The molecule has 2 aromatic carbocycles. The first-order valence-electron chi connectivity index (χ1n) is 11.6. The number of aryl methyl sites for hydroxylation is 3. The van der Waals surface area contributed by atoms with E-state index < -0.39 is 37.4 Å². The number of carbonyl (C=O) groups is 1. The monoisotopic (exact) mass is 585 g/mol. The van der Waals surface area contributed by atoms with Crippen LogP contribution in [0.2, 0.25) is 0 Å². The van der Waals surface area contributed by atoms with Crippen LogP contribution < -0.4 is 15.6 Å². The second kappa shape index (κ2) is 12.2. The van der Waals surface area contributed by atoms with Gasteiger partial charge >= 0.3 is 0 Å². The van der Waals surface area contributed by atoms with E-state index in [9.17, 15) is 26.4 Å². The quantitative estimate of drug-likeness (QED) is 0.157. The fourth-order valence-electron chi connectivity index (χ4n) is 3.49. The first-order valence-corrected chi connectivity index (χ1v) is 14.5. The van der Waals surface area contributed by atoms with Crippen molar-refractivity contribution in [2.45, 2.75) is 23.6 Å². The van der Waals surface area contributed by atoms with Gasteiger partial charge in [0.15, 0.2) is 0 Å². The summed E-state index contributed by atoms with van der Waals surface area (Å²) in [7, 11) is -6.06. The molecule has 3 rings (SSSR count). The van der Waals surface area contributed by atoms with Crippen molar-refractivity contribution >= 4 is 43.5 Å². The van der Waals surface area contributed by atoms with Crippen LogP contribution in [-0.4, -0.2) is 56.6 Å². The number of nitrogens with one attached hydrogen (secondary N) is 2. The van der Waals surface area contributed by atoms with Crippen LogP contribution in [-0.2, 0) is 31.9 Å². The van der Waals surface area contributed by atoms with Crippen molar-refractivity contribution in [3.63, 3.8) is 0 Å². The molecular formula is C26H27N5O7S2. The van der Waals surface area contributed by atoms with Crippen LogP contribution in [0.3, 0.4) is 0 Å². The lowest BCUT2D eigenvalue weighted by Crippen LogP contribution is -2.35. The molecule has 0 saturated heterocycles. The molecule has 0 aliphatic heterocycles. The zero-order valence-electron chi connectivity index (χ0n) is 22.0. The summed E-state index contributed by atoms with van der Waals surface area (Å²) in [6.45, 7) is 2.73.